The first kappa shape index (κ1) is 12.2. The summed E-state index contributed by atoms with van der Waals surface area (Å²) in [5.41, 5.74) is 3.45. The fourth-order valence-corrected chi connectivity index (χ4v) is 2.34. The average Bonchev–Trinajstić information content (AvgIpc) is 2.62. The highest BCUT2D eigenvalue weighted by Crippen LogP contribution is 2.32. The molecule has 0 atom stereocenters. The Labute approximate surface area is 107 Å². The van der Waals surface area contributed by atoms with E-state index >= 15 is 0 Å². The lowest BCUT2D eigenvalue weighted by atomic mass is 9.86. The lowest BCUT2D eigenvalue weighted by molar-refractivity contribution is 0.590. The molecule has 0 aliphatic rings. The monoisotopic (exact) mass is 248 g/mol. The molecule has 17 heavy (non-hydrogen) atoms. The summed E-state index contributed by atoms with van der Waals surface area (Å²) in [4.78, 5) is 0. The molecule has 0 aliphatic carbocycles. The molecule has 0 saturated heterocycles. The van der Waals surface area contributed by atoms with Gasteiger partial charge in [0.2, 0.25) is 0 Å². The number of aromatic nitrogens is 2. The van der Waals surface area contributed by atoms with E-state index in [1.165, 1.54) is 5.56 Å². The Bertz CT molecular complexity index is 535. The molecule has 2 nitrogen and oxygen atoms in total. The second kappa shape index (κ2) is 4.19. The van der Waals surface area contributed by atoms with Crippen molar-refractivity contribution in [3.8, 4) is 11.1 Å². The molecule has 0 amide bonds. The Morgan fingerprint density at radius 3 is 2.35 bits per heavy atom. The largest absolute Gasteiger partial charge is 0.275 e. The van der Waals surface area contributed by atoms with Crippen molar-refractivity contribution in [3.63, 3.8) is 0 Å². The van der Waals surface area contributed by atoms with Gasteiger partial charge < -0.3 is 0 Å². The van der Waals surface area contributed by atoms with Crippen molar-refractivity contribution in [2.75, 3.05) is 0 Å². The highest BCUT2D eigenvalue weighted by molar-refractivity contribution is 6.31. The van der Waals surface area contributed by atoms with Gasteiger partial charge in [0.15, 0.2) is 0 Å². The lowest BCUT2D eigenvalue weighted by Crippen LogP contribution is -2.11. The molecule has 0 fully saturated rings. The van der Waals surface area contributed by atoms with Crippen LogP contribution in [0.4, 0.5) is 0 Å². The van der Waals surface area contributed by atoms with E-state index in [0.717, 1.165) is 16.1 Å². The molecule has 3 heteroatoms. The summed E-state index contributed by atoms with van der Waals surface area (Å²) < 4.78 is 1.79. The second-order valence-corrected chi connectivity index (χ2v) is 5.75. The Kier molecular flexibility index (Phi) is 3.00. The quantitative estimate of drug-likeness (QED) is 0.745. The predicted octanol–water partition coefficient (Wildman–Crippen LogP) is 4.04. The molecule has 2 rings (SSSR count). The molecule has 1 heterocycles. The zero-order chi connectivity index (χ0) is 12.6. The molecule has 0 spiro atoms. The van der Waals surface area contributed by atoms with Crippen LogP contribution in [0.2, 0.25) is 5.02 Å². The third-order valence-corrected chi connectivity index (χ3v) is 3.13. The molecular weight excluding hydrogens is 232 g/mol. The van der Waals surface area contributed by atoms with Crippen LogP contribution in [0.3, 0.4) is 0 Å². The summed E-state index contributed by atoms with van der Waals surface area (Å²) in [6.45, 7) is 6.49. The Balaban J connectivity index is 2.44. The van der Waals surface area contributed by atoms with Crippen molar-refractivity contribution in [2.24, 2.45) is 7.05 Å². The number of benzene rings is 1. The predicted molar refractivity (Wildman–Crippen MR) is 72.4 cm³/mol. The molecule has 0 radical (unpaired) electrons. The van der Waals surface area contributed by atoms with Crippen LogP contribution in [0.1, 0.15) is 26.3 Å². The van der Waals surface area contributed by atoms with E-state index in [1.54, 1.807) is 4.68 Å². The van der Waals surface area contributed by atoms with Gasteiger partial charge in [0.25, 0.3) is 0 Å². The fraction of sp³-hybridized carbons (Fsp3) is 0.357. The van der Waals surface area contributed by atoms with E-state index in [-0.39, 0.29) is 5.41 Å². The van der Waals surface area contributed by atoms with Crippen LogP contribution in [-0.4, -0.2) is 9.78 Å². The SMILES string of the molecule is Cn1cc(-c2ccc(C(C)(C)C)c(Cl)c2)cn1. The first-order valence-electron chi connectivity index (χ1n) is 5.67. The Morgan fingerprint density at radius 2 is 1.88 bits per heavy atom. The van der Waals surface area contributed by atoms with Crippen molar-refractivity contribution in [1.82, 2.24) is 9.78 Å². The number of hydrogen-bond donors (Lipinski definition) is 0. The molecule has 0 unspecified atom stereocenters. The molecule has 0 saturated carbocycles. The standard InChI is InChI=1S/C14H17ClN2/c1-14(2,3)12-6-5-10(7-13(12)15)11-8-16-17(4)9-11/h5-9H,1-4H3. The van der Waals surface area contributed by atoms with E-state index < -0.39 is 0 Å². The van der Waals surface area contributed by atoms with Crippen molar-refractivity contribution < 1.29 is 0 Å². The minimum atomic E-state index is 0.0740. The van der Waals surface area contributed by atoms with Gasteiger partial charge in [-0.2, -0.15) is 5.10 Å². The third-order valence-electron chi connectivity index (χ3n) is 2.82. The van der Waals surface area contributed by atoms with E-state index in [9.17, 15) is 0 Å². The number of hydrogen-bond acceptors (Lipinski definition) is 1. The molecular formula is C14H17ClN2. The smallest absolute Gasteiger partial charge is 0.0568 e. The van der Waals surface area contributed by atoms with E-state index in [4.69, 9.17) is 11.6 Å². The van der Waals surface area contributed by atoms with Crippen LogP contribution < -0.4 is 0 Å². The average molecular weight is 249 g/mol. The van der Waals surface area contributed by atoms with Gasteiger partial charge in [-0.25, -0.2) is 0 Å². The number of halogens is 1. The van der Waals surface area contributed by atoms with E-state index in [1.807, 2.05) is 25.5 Å². The highest BCUT2D eigenvalue weighted by atomic mass is 35.5. The van der Waals surface area contributed by atoms with Gasteiger partial charge in [0.05, 0.1) is 6.20 Å². The maximum absolute atomic E-state index is 6.34. The maximum Gasteiger partial charge on any atom is 0.0568 e. The van der Waals surface area contributed by atoms with Crippen LogP contribution in [0.5, 0.6) is 0 Å². The van der Waals surface area contributed by atoms with Gasteiger partial charge in [-0.05, 0) is 22.6 Å². The van der Waals surface area contributed by atoms with Crippen LogP contribution in [0, 0.1) is 0 Å². The minimum absolute atomic E-state index is 0.0740. The summed E-state index contributed by atoms with van der Waals surface area (Å²) in [5, 5.41) is 4.99. The second-order valence-electron chi connectivity index (χ2n) is 5.35. The Hall–Kier alpha value is -1.28. The van der Waals surface area contributed by atoms with Gasteiger partial charge >= 0.3 is 0 Å². The highest BCUT2D eigenvalue weighted by Gasteiger charge is 2.17. The summed E-state index contributed by atoms with van der Waals surface area (Å²) in [6, 6.07) is 6.22. The summed E-state index contributed by atoms with van der Waals surface area (Å²) in [7, 11) is 1.91. The lowest BCUT2D eigenvalue weighted by Gasteiger charge is -2.20. The van der Waals surface area contributed by atoms with Crippen LogP contribution in [0.15, 0.2) is 30.6 Å². The summed E-state index contributed by atoms with van der Waals surface area (Å²) in [5.74, 6) is 0. The number of aryl methyl sites for hydroxylation is 1. The van der Waals surface area contributed by atoms with Crippen LogP contribution in [0.25, 0.3) is 11.1 Å². The molecule has 0 aliphatic heterocycles. The molecule has 1 aromatic heterocycles. The van der Waals surface area contributed by atoms with Crippen molar-refractivity contribution >= 4 is 11.6 Å². The summed E-state index contributed by atoms with van der Waals surface area (Å²) in [6.07, 6.45) is 3.84. The molecule has 0 N–H and O–H groups in total. The number of nitrogens with zero attached hydrogens (tertiary/aromatic N) is 2. The zero-order valence-electron chi connectivity index (χ0n) is 10.7. The van der Waals surface area contributed by atoms with E-state index in [2.05, 4.69) is 38.0 Å². The van der Waals surface area contributed by atoms with Crippen molar-refractivity contribution in [1.29, 1.82) is 0 Å². The minimum Gasteiger partial charge on any atom is -0.275 e. The first-order chi connectivity index (χ1) is 7.88. The molecule has 2 aromatic rings. The van der Waals surface area contributed by atoms with Gasteiger partial charge in [-0.15, -0.1) is 0 Å². The normalized spacial score (nSPS) is 11.8. The first-order valence-corrected chi connectivity index (χ1v) is 6.05. The molecule has 1 aromatic carbocycles. The number of rotatable bonds is 1. The van der Waals surface area contributed by atoms with E-state index in [0.29, 0.717) is 0 Å². The van der Waals surface area contributed by atoms with Crippen LogP contribution >= 0.6 is 11.6 Å². The Morgan fingerprint density at radius 1 is 1.18 bits per heavy atom. The zero-order valence-corrected chi connectivity index (χ0v) is 11.4. The topological polar surface area (TPSA) is 17.8 Å². The third kappa shape index (κ3) is 2.52. The van der Waals surface area contributed by atoms with Crippen molar-refractivity contribution in [2.45, 2.75) is 26.2 Å². The van der Waals surface area contributed by atoms with Gasteiger partial charge in [0, 0.05) is 23.8 Å². The van der Waals surface area contributed by atoms with Gasteiger partial charge in [-0.1, -0.05) is 44.5 Å². The fourth-order valence-electron chi connectivity index (χ4n) is 1.87. The molecule has 0 bridgehead atoms. The van der Waals surface area contributed by atoms with Gasteiger partial charge in [0.1, 0.15) is 0 Å². The summed E-state index contributed by atoms with van der Waals surface area (Å²) >= 11 is 6.34. The maximum atomic E-state index is 6.34. The van der Waals surface area contributed by atoms with Gasteiger partial charge in [-0.3, -0.25) is 4.68 Å². The molecule has 90 valence electrons. The van der Waals surface area contributed by atoms with Crippen LogP contribution in [-0.2, 0) is 12.5 Å². The van der Waals surface area contributed by atoms with Crippen molar-refractivity contribution in [3.05, 3.63) is 41.2 Å².